The molecule has 2 rings (SSSR count). The average molecular weight is 207 g/mol. The molecule has 0 bridgehead atoms. The summed E-state index contributed by atoms with van der Waals surface area (Å²) in [7, 11) is -1.74. The number of nitrogens with zero attached hydrogens (tertiary/aromatic N) is 2. The normalized spacial score (nSPS) is 10.5. The fraction of sp³-hybridized carbons (Fsp3) is 0. The number of nitro benzene ring substituents is 1. The number of rotatable bonds is 2. The lowest BCUT2D eigenvalue weighted by Crippen LogP contribution is -2.29. The van der Waals surface area contributed by atoms with E-state index in [0.717, 1.165) is 6.07 Å². The van der Waals surface area contributed by atoms with E-state index in [1.807, 2.05) is 0 Å². The highest BCUT2D eigenvalue weighted by atomic mass is 16.6. The van der Waals surface area contributed by atoms with Gasteiger partial charge in [0.25, 0.3) is 5.69 Å². The van der Waals surface area contributed by atoms with Gasteiger partial charge in [-0.05, 0) is 11.5 Å². The lowest BCUT2D eigenvalue weighted by molar-refractivity contribution is -0.383. The number of H-pyrrole nitrogens is 1. The van der Waals surface area contributed by atoms with Crippen molar-refractivity contribution in [2.45, 2.75) is 0 Å². The molecule has 76 valence electrons. The van der Waals surface area contributed by atoms with Gasteiger partial charge < -0.3 is 15.0 Å². The summed E-state index contributed by atoms with van der Waals surface area (Å²) in [6.07, 6.45) is 1.31. The summed E-state index contributed by atoms with van der Waals surface area (Å²) in [6.45, 7) is 0. The summed E-state index contributed by atoms with van der Waals surface area (Å²) >= 11 is 0. The number of aromatic nitrogens is 2. The SMILES string of the molecule is O=[N+]([O-])c1cc(B(O)O)cc2[nH]cnc12. The Kier molecular flexibility index (Phi) is 2.14. The van der Waals surface area contributed by atoms with E-state index in [9.17, 15) is 10.1 Å². The van der Waals surface area contributed by atoms with Crippen LogP contribution in [-0.4, -0.2) is 32.1 Å². The lowest BCUT2D eigenvalue weighted by Gasteiger charge is -1.99. The molecule has 8 heteroatoms. The summed E-state index contributed by atoms with van der Waals surface area (Å²) < 4.78 is 0. The highest BCUT2D eigenvalue weighted by Gasteiger charge is 2.20. The molecule has 0 saturated heterocycles. The molecule has 0 saturated carbocycles. The smallest absolute Gasteiger partial charge is 0.423 e. The van der Waals surface area contributed by atoms with Gasteiger partial charge in [0, 0.05) is 6.07 Å². The minimum absolute atomic E-state index is 0.0541. The monoisotopic (exact) mass is 207 g/mol. The maximum Gasteiger partial charge on any atom is 0.488 e. The largest absolute Gasteiger partial charge is 0.488 e. The van der Waals surface area contributed by atoms with Gasteiger partial charge in [0.05, 0.1) is 16.8 Å². The third kappa shape index (κ3) is 1.56. The topological polar surface area (TPSA) is 112 Å². The number of nitrogens with one attached hydrogen (secondary N) is 1. The molecule has 7 nitrogen and oxygen atoms in total. The van der Waals surface area contributed by atoms with Gasteiger partial charge in [0.1, 0.15) is 0 Å². The van der Waals surface area contributed by atoms with E-state index in [1.54, 1.807) is 0 Å². The second-order valence-corrected chi connectivity index (χ2v) is 2.97. The van der Waals surface area contributed by atoms with Crippen LogP contribution in [0.25, 0.3) is 11.0 Å². The third-order valence-electron chi connectivity index (χ3n) is 2.02. The van der Waals surface area contributed by atoms with Crippen LogP contribution in [0.15, 0.2) is 18.5 Å². The van der Waals surface area contributed by atoms with E-state index in [0.29, 0.717) is 5.52 Å². The second kappa shape index (κ2) is 3.33. The average Bonchev–Trinajstić information content (AvgIpc) is 2.62. The van der Waals surface area contributed by atoms with Gasteiger partial charge in [-0.3, -0.25) is 10.1 Å². The minimum Gasteiger partial charge on any atom is -0.423 e. The molecule has 1 aromatic heterocycles. The van der Waals surface area contributed by atoms with Crippen molar-refractivity contribution in [3.05, 3.63) is 28.6 Å². The van der Waals surface area contributed by atoms with Crippen molar-refractivity contribution in [2.24, 2.45) is 0 Å². The van der Waals surface area contributed by atoms with Crippen molar-refractivity contribution in [1.29, 1.82) is 0 Å². The molecular formula is C7H6BN3O4. The lowest BCUT2D eigenvalue weighted by atomic mass is 9.80. The number of aromatic amines is 1. The summed E-state index contributed by atoms with van der Waals surface area (Å²) in [5.41, 5.74) is 0.395. The zero-order valence-corrected chi connectivity index (χ0v) is 7.41. The standard InChI is InChI=1S/C7H6BN3O4/c12-8(13)4-1-5-7(10-3-9-5)6(2-4)11(14)15/h1-3,12-13H,(H,9,10). The fourth-order valence-corrected chi connectivity index (χ4v) is 1.34. The first-order valence-corrected chi connectivity index (χ1v) is 4.07. The summed E-state index contributed by atoms with van der Waals surface area (Å²) in [6, 6.07) is 2.49. The summed E-state index contributed by atoms with van der Waals surface area (Å²) in [4.78, 5) is 16.5. The molecule has 0 aliphatic carbocycles. The van der Waals surface area contributed by atoms with Crippen LogP contribution in [0.4, 0.5) is 5.69 Å². The first-order chi connectivity index (χ1) is 7.09. The third-order valence-corrected chi connectivity index (χ3v) is 2.02. The van der Waals surface area contributed by atoms with Crippen LogP contribution in [0.3, 0.4) is 0 Å². The van der Waals surface area contributed by atoms with Gasteiger partial charge in [-0.1, -0.05) is 0 Å². The van der Waals surface area contributed by atoms with Crippen LogP contribution in [0.1, 0.15) is 0 Å². The predicted molar refractivity (Wildman–Crippen MR) is 52.6 cm³/mol. The Balaban J connectivity index is 2.74. The molecule has 0 spiro atoms. The van der Waals surface area contributed by atoms with Crippen molar-refractivity contribution in [2.75, 3.05) is 0 Å². The highest BCUT2D eigenvalue weighted by molar-refractivity contribution is 6.59. The minimum atomic E-state index is -1.74. The molecule has 1 aromatic carbocycles. The van der Waals surface area contributed by atoms with E-state index >= 15 is 0 Å². The summed E-state index contributed by atoms with van der Waals surface area (Å²) in [5.74, 6) is 0. The molecule has 0 amide bonds. The van der Waals surface area contributed by atoms with E-state index in [2.05, 4.69) is 9.97 Å². The van der Waals surface area contributed by atoms with Gasteiger partial charge in [0.2, 0.25) is 0 Å². The quantitative estimate of drug-likeness (QED) is 0.337. The van der Waals surface area contributed by atoms with E-state index in [-0.39, 0.29) is 16.7 Å². The molecule has 1 heterocycles. The van der Waals surface area contributed by atoms with Crippen molar-refractivity contribution in [3.8, 4) is 0 Å². The zero-order valence-electron chi connectivity index (χ0n) is 7.41. The fourth-order valence-electron chi connectivity index (χ4n) is 1.34. The van der Waals surface area contributed by atoms with Crippen molar-refractivity contribution < 1.29 is 15.0 Å². The molecule has 15 heavy (non-hydrogen) atoms. The maximum atomic E-state index is 10.7. The van der Waals surface area contributed by atoms with Crippen LogP contribution in [-0.2, 0) is 0 Å². The van der Waals surface area contributed by atoms with Crippen molar-refractivity contribution in [3.63, 3.8) is 0 Å². The Hall–Kier alpha value is -1.93. The van der Waals surface area contributed by atoms with Crippen molar-refractivity contribution in [1.82, 2.24) is 9.97 Å². The molecule has 0 aliphatic rings. The number of hydrogen-bond acceptors (Lipinski definition) is 5. The van der Waals surface area contributed by atoms with Crippen molar-refractivity contribution >= 4 is 29.3 Å². The maximum absolute atomic E-state index is 10.7. The predicted octanol–water partition coefficient (Wildman–Crippen LogP) is -0.849. The van der Waals surface area contributed by atoms with Crippen LogP contribution >= 0.6 is 0 Å². The van der Waals surface area contributed by atoms with Crippen LogP contribution in [0.2, 0.25) is 0 Å². The number of benzene rings is 1. The van der Waals surface area contributed by atoms with Crippen LogP contribution < -0.4 is 5.46 Å². The van der Waals surface area contributed by atoms with E-state index in [4.69, 9.17) is 10.0 Å². The zero-order chi connectivity index (χ0) is 11.0. The Morgan fingerprint density at radius 1 is 1.47 bits per heavy atom. The van der Waals surface area contributed by atoms with Gasteiger partial charge in [0.15, 0.2) is 5.52 Å². The molecule has 2 aromatic rings. The first-order valence-electron chi connectivity index (χ1n) is 4.07. The Morgan fingerprint density at radius 3 is 2.80 bits per heavy atom. The first kappa shape index (κ1) is 9.62. The van der Waals surface area contributed by atoms with Crippen LogP contribution in [0, 0.1) is 10.1 Å². The molecule has 0 aliphatic heterocycles. The van der Waals surface area contributed by atoms with Gasteiger partial charge in [-0.2, -0.15) is 0 Å². The Bertz CT molecular complexity index is 524. The molecule has 3 N–H and O–H groups in total. The molecule has 0 fully saturated rings. The van der Waals surface area contributed by atoms with Gasteiger partial charge in [-0.25, -0.2) is 4.98 Å². The Morgan fingerprint density at radius 2 is 2.20 bits per heavy atom. The highest BCUT2D eigenvalue weighted by Crippen LogP contribution is 2.20. The number of non-ortho nitro benzene ring substituents is 1. The number of fused-ring (bicyclic) bond motifs is 1. The van der Waals surface area contributed by atoms with Gasteiger partial charge >= 0.3 is 7.12 Å². The molecule has 0 radical (unpaired) electrons. The molecular weight excluding hydrogens is 201 g/mol. The number of hydrogen-bond donors (Lipinski definition) is 3. The Labute approximate surface area is 83.7 Å². The number of imidazole rings is 1. The van der Waals surface area contributed by atoms with E-state index < -0.39 is 12.0 Å². The van der Waals surface area contributed by atoms with Crippen LogP contribution in [0.5, 0.6) is 0 Å². The van der Waals surface area contributed by atoms with Gasteiger partial charge in [-0.15, -0.1) is 0 Å². The second-order valence-electron chi connectivity index (χ2n) is 2.97. The molecule has 0 unspecified atom stereocenters. The molecule has 0 atom stereocenters. The number of nitro groups is 1. The van der Waals surface area contributed by atoms with E-state index in [1.165, 1.54) is 12.4 Å². The summed E-state index contributed by atoms with van der Waals surface area (Å²) in [5, 5.41) is 28.5.